The second-order valence-electron chi connectivity index (χ2n) is 3.75. The first-order chi connectivity index (χ1) is 7.27. The van der Waals surface area contributed by atoms with Crippen LogP contribution in [0.4, 0.5) is 0 Å². The molecule has 2 rings (SSSR count). The van der Waals surface area contributed by atoms with E-state index in [1.54, 1.807) is 0 Å². The molecule has 1 aromatic rings. The fraction of sp³-hybridized carbons (Fsp3) is 0.455. The van der Waals surface area contributed by atoms with Crippen molar-refractivity contribution in [3.8, 4) is 5.75 Å². The summed E-state index contributed by atoms with van der Waals surface area (Å²) in [5.74, 6) is 0.860. The second kappa shape index (κ2) is 4.25. The summed E-state index contributed by atoms with van der Waals surface area (Å²) in [5, 5.41) is 0. The Bertz CT molecular complexity index is 356. The van der Waals surface area contributed by atoms with Gasteiger partial charge in [0.25, 0.3) is 0 Å². The molecule has 1 aromatic carbocycles. The first kappa shape index (κ1) is 10.5. The van der Waals surface area contributed by atoms with E-state index in [1.807, 2.05) is 12.1 Å². The minimum atomic E-state index is 0.104. The Hall–Kier alpha value is -0.995. The first-order valence-electron chi connectivity index (χ1n) is 5.39. The molecule has 0 fully saturated rings. The zero-order valence-corrected chi connectivity index (χ0v) is 9.19. The van der Waals surface area contributed by atoms with Crippen molar-refractivity contribution in [2.75, 3.05) is 6.73 Å². The van der Waals surface area contributed by atoms with Gasteiger partial charge in [-0.2, -0.15) is 0 Å². The molecule has 0 aliphatic carbocycles. The molecule has 3 nitrogen and oxygen atoms in total. The Morgan fingerprint density at radius 2 is 2.33 bits per heavy atom. The first-order valence-corrected chi connectivity index (χ1v) is 5.39. The van der Waals surface area contributed by atoms with Gasteiger partial charge in [-0.1, -0.05) is 25.9 Å². The maximum absolute atomic E-state index is 5.85. The van der Waals surface area contributed by atoms with Crippen LogP contribution in [-0.2, 0) is 4.65 Å². The van der Waals surface area contributed by atoms with Crippen LogP contribution in [-0.4, -0.2) is 13.6 Å². The molecule has 1 aliphatic heterocycles. The van der Waals surface area contributed by atoms with Crippen LogP contribution in [0.25, 0.3) is 0 Å². The third kappa shape index (κ3) is 1.75. The van der Waals surface area contributed by atoms with Gasteiger partial charge in [-0.05, 0) is 23.5 Å². The lowest BCUT2D eigenvalue weighted by molar-refractivity contribution is 0.221. The highest BCUT2D eigenvalue weighted by Gasteiger charge is 2.33. The van der Waals surface area contributed by atoms with E-state index in [2.05, 4.69) is 19.8 Å². The van der Waals surface area contributed by atoms with E-state index in [0.717, 1.165) is 17.6 Å². The number of rotatable bonds is 3. The predicted octanol–water partition coefficient (Wildman–Crippen LogP) is 1.29. The lowest BCUT2D eigenvalue weighted by atomic mass is 9.63. The van der Waals surface area contributed by atoms with Gasteiger partial charge in [0.1, 0.15) is 12.5 Å². The van der Waals surface area contributed by atoms with Gasteiger partial charge in [-0.15, -0.1) is 0 Å². The monoisotopic (exact) mass is 205 g/mol. The molecule has 1 atom stereocenters. The Labute approximate surface area is 90.7 Å². The quantitative estimate of drug-likeness (QED) is 0.597. The SMILES string of the molecule is CCC1OB(C)c2c(OCN)cccc21. The fourth-order valence-electron chi connectivity index (χ4n) is 2.20. The Kier molecular flexibility index (Phi) is 2.98. The van der Waals surface area contributed by atoms with Crippen LogP contribution in [0.5, 0.6) is 5.75 Å². The predicted molar refractivity (Wildman–Crippen MR) is 61.5 cm³/mol. The lowest BCUT2D eigenvalue weighted by Gasteiger charge is -2.10. The molecule has 15 heavy (non-hydrogen) atoms. The summed E-state index contributed by atoms with van der Waals surface area (Å²) >= 11 is 0. The van der Waals surface area contributed by atoms with Crippen LogP contribution >= 0.6 is 0 Å². The highest BCUT2D eigenvalue weighted by molar-refractivity contribution is 6.68. The van der Waals surface area contributed by atoms with Crippen molar-refractivity contribution in [3.05, 3.63) is 23.8 Å². The largest absolute Gasteiger partial charge is 0.479 e. The minimum absolute atomic E-state index is 0.104. The van der Waals surface area contributed by atoms with Crippen molar-refractivity contribution in [1.82, 2.24) is 0 Å². The van der Waals surface area contributed by atoms with Crippen LogP contribution in [0.1, 0.15) is 25.0 Å². The van der Waals surface area contributed by atoms with E-state index < -0.39 is 0 Å². The summed E-state index contributed by atoms with van der Waals surface area (Å²) in [6, 6.07) is 6.05. The van der Waals surface area contributed by atoms with E-state index in [1.165, 1.54) is 5.56 Å². The summed E-state index contributed by atoms with van der Waals surface area (Å²) in [7, 11) is 0. The Balaban J connectivity index is 2.42. The summed E-state index contributed by atoms with van der Waals surface area (Å²) in [6.45, 7) is 4.49. The normalized spacial score (nSPS) is 19.1. The molecule has 0 radical (unpaired) electrons. The van der Waals surface area contributed by atoms with Crippen molar-refractivity contribution < 1.29 is 9.39 Å². The van der Waals surface area contributed by atoms with Gasteiger partial charge in [-0.25, -0.2) is 0 Å². The summed E-state index contributed by atoms with van der Waals surface area (Å²) in [5.41, 5.74) is 7.81. The minimum Gasteiger partial charge on any atom is -0.479 e. The lowest BCUT2D eigenvalue weighted by Crippen LogP contribution is -2.27. The molecule has 0 saturated heterocycles. The summed E-state index contributed by atoms with van der Waals surface area (Å²) in [6.07, 6.45) is 1.19. The molecular weight excluding hydrogens is 189 g/mol. The molecule has 0 saturated carbocycles. The molecule has 1 aliphatic rings. The molecule has 80 valence electrons. The molecular formula is C11H16BNO2. The van der Waals surface area contributed by atoms with Crippen LogP contribution in [0.15, 0.2) is 18.2 Å². The Morgan fingerprint density at radius 1 is 1.53 bits per heavy atom. The number of benzene rings is 1. The van der Waals surface area contributed by atoms with E-state index in [9.17, 15) is 0 Å². The molecule has 2 N–H and O–H groups in total. The molecule has 1 unspecified atom stereocenters. The Morgan fingerprint density at radius 3 is 3.00 bits per heavy atom. The topological polar surface area (TPSA) is 44.5 Å². The van der Waals surface area contributed by atoms with Gasteiger partial charge in [0, 0.05) is 0 Å². The maximum atomic E-state index is 5.85. The maximum Gasteiger partial charge on any atom is 0.328 e. The number of hydrogen-bond donors (Lipinski definition) is 1. The van der Waals surface area contributed by atoms with Crippen molar-refractivity contribution in [2.24, 2.45) is 5.73 Å². The standard InChI is InChI=1S/C11H16BNO2/c1-3-9-8-5-4-6-10(14-7-13)11(8)12(2)15-9/h4-6,9H,3,7,13H2,1-2H3. The van der Waals surface area contributed by atoms with Gasteiger partial charge in [0.15, 0.2) is 0 Å². The third-order valence-electron chi connectivity index (χ3n) is 2.83. The number of fused-ring (bicyclic) bond motifs is 1. The average Bonchev–Trinajstić information content (AvgIpc) is 2.57. The zero-order valence-electron chi connectivity index (χ0n) is 9.19. The van der Waals surface area contributed by atoms with E-state index >= 15 is 0 Å². The van der Waals surface area contributed by atoms with Crippen molar-refractivity contribution in [2.45, 2.75) is 26.3 Å². The van der Waals surface area contributed by atoms with Crippen molar-refractivity contribution >= 4 is 12.4 Å². The summed E-state index contributed by atoms with van der Waals surface area (Å²) < 4.78 is 11.3. The van der Waals surface area contributed by atoms with E-state index in [0.29, 0.717) is 0 Å². The molecule has 0 spiro atoms. The smallest absolute Gasteiger partial charge is 0.328 e. The third-order valence-corrected chi connectivity index (χ3v) is 2.83. The number of nitrogens with two attached hydrogens (primary N) is 1. The van der Waals surface area contributed by atoms with Gasteiger partial charge < -0.3 is 9.39 Å². The van der Waals surface area contributed by atoms with E-state index in [4.69, 9.17) is 15.1 Å². The van der Waals surface area contributed by atoms with Gasteiger partial charge in [0.05, 0.1) is 6.10 Å². The molecule has 1 heterocycles. The molecule has 0 amide bonds. The highest BCUT2D eigenvalue weighted by Crippen LogP contribution is 2.30. The second-order valence-corrected chi connectivity index (χ2v) is 3.75. The van der Waals surface area contributed by atoms with Gasteiger partial charge in [0.2, 0.25) is 0 Å². The molecule has 4 heteroatoms. The van der Waals surface area contributed by atoms with Crippen molar-refractivity contribution in [3.63, 3.8) is 0 Å². The fourth-order valence-corrected chi connectivity index (χ4v) is 2.20. The van der Waals surface area contributed by atoms with Crippen LogP contribution in [0.2, 0.25) is 6.82 Å². The zero-order chi connectivity index (χ0) is 10.8. The van der Waals surface area contributed by atoms with Gasteiger partial charge in [-0.3, -0.25) is 5.73 Å². The van der Waals surface area contributed by atoms with Crippen molar-refractivity contribution in [1.29, 1.82) is 0 Å². The average molecular weight is 205 g/mol. The van der Waals surface area contributed by atoms with Crippen LogP contribution in [0.3, 0.4) is 0 Å². The van der Waals surface area contributed by atoms with Gasteiger partial charge >= 0.3 is 6.92 Å². The van der Waals surface area contributed by atoms with Crippen LogP contribution < -0.4 is 15.9 Å². The number of ether oxygens (including phenoxy) is 1. The number of hydrogen-bond acceptors (Lipinski definition) is 3. The van der Waals surface area contributed by atoms with E-state index in [-0.39, 0.29) is 19.8 Å². The van der Waals surface area contributed by atoms with Crippen LogP contribution in [0, 0.1) is 0 Å². The highest BCUT2D eigenvalue weighted by atomic mass is 16.5. The summed E-state index contributed by atoms with van der Waals surface area (Å²) in [4.78, 5) is 0. The molecule has 0 bridgehead atoms. The molecule has 0 aromatic heterocycles.